The van der Waals surface area contributed by atoms with Gasteiger partial charge in [-0.25, -0.2) is 0 Å². The number of nitro benzene ring substituents is 1. The Kier molecular flexibility index (Phi) is 6.49. The minimum absolute atomic E-state index is 0.139. The van der Waals surface area contributed by atoms with Gasteiger partial charge in [-0.3, -0.25) is 24.7 Å². The second-order valence-corrected chi connectivity index (χ2v) is 8.71. The maximum absolute atomic E-state index is 13.4. The van der Waals surface area contributed by atoms with Crippen LogP contribution in [-0.4, -0.2) is 42.7 Å². The minimum atomic E-state index is -0.928. The molecule has 1 fully saturated rings. The summed E-state index contributed by atoms with van der Waals surface area (Å²) < 4.78 is 16.5. The third-order valence-corrected chi connectivity index (χ3v) is 6.74. The van der Waals surface area contributed by atoms with Crippen LogP contribution in [0.15, 0.2) is 28.4 Å². The van der Waals surface area contributed by atoms with Gasteiger partial charge in [-0.05, 0) is 51.5 Å². The Hall–Kier alpha value is -3.23. The van der Waals surface area contributed by atoms with E-state index in [1.165, 1.54) is 26.4 Å². The molecule has 0 saturated heterocycles. The number of methoxy groups -OCH3 is 2. The first kappa shape index (κ1) is 22.9. The summed E-state index contributed by atoms with van der Waals surface area (Å²) in [4.78, 5) is 42.7. The number of carbonyl (C=O) groups is 2. The molecule has 0 radical (unpaired) electrons. The molecule has 0 aromatic heterocycles. The van der Waals surface area contributed by atoms with Crippen LogP contribution in [0.2, 0.25) is 0 Å². The third kappa shape index (κ3) is 4.24. The van der Waals surface area contributed by atoms with Gasteiger partial charge in [-0.2, -0.15) is 0 Å². The predicted octanol–water partition coefficient (Wildman–Crippen LogP) is 4.28. The zero-order chi connectivity index (χ0) is 23.7. The van der Waals surface area contributed by atoms with Gasteiger partial charge in [0.2, 0.25) is 0 Å². The van der Waals surface area contributed by atoms with E-state index < -0.39 is 22.7 Å². The van der Waals surface area contributed by atoms with Crippen molar-refractivity contribution in [1.82, 2.24) is 0 Å². The lowest BCUT2D eigenvalue weighted by Gasteiger charge is -2.34. The second kappa shape index (κ2) is 9.33. The van der Waals surface area contributed by atoms with E-state index in [0.717, 1.165) is 25.7 Å². The average molecular weight is 456 g/mol. The number of aliphatic imine (C=N–C) groups is 1. The SMILES string of the molecule is COc1cc([C@@H]2C3=C(CCCC3=O)N=C(C)C2C(=O)OC2CCCC2)c([N+](=O)[O-])cc1OC. The van der Waals surface area contributed by atoms with Gasteiger partial charge in [0.05, 0.1) is 25.2 Å². The molecule has 176 valence electrons. The fourth-order valence-corrected chi connectivity index (χ4v) is 5.18. The average Bonchev–Trinajstić information content (AvgIpc) is 3.30. The zero-order valence-corrected chi connectivity index (χ0v) is 19.1. The molecule has 1 aromatic carbocycles. The highest BCUT2D eigenvalue weighted by Crippen LogP contribution is 2.48. The van der Waals surface area contributed by atoms with Gasteiger partial charge < -0.3 is 14.2 Å². The maximum atomic E-state index is 13.4. The summed E-state index contributed by atoms with van der Waals surface area (Å²) in [6.45, 7) is 1.73. The Morgan fingerprint density at radius 1 is 1.09 bits per heavy atom. The Morgan fingerprint density at radius 3 is 2.39 bits per heavy atom. The van der Waals surface area contributed by atoms with Crippen LogP contribution < -0.4 is 9.47 Å². The van der Waals surface area contributed by atoms with Crippen LogP contribution >= 0.6 is 0 Å². The second-order valence-electron chi connectivity index (χ2n) is 8.71. The molecule has 2 atom stereocenters. The number of nitro groups is 1. The molecule has 9 heteroatoms. The first-order chi connectivity index (χ1) is 15.8. The number of ether oxygens (including phenoxy) is 3. The van der Waals surface area contributed by atoms with E-state index in [-0.39, 0.29) is 34.6 Å². The van der Waals surface area contributed by atoms with E-state index in [4.69, 9.17) is 14.2 Å². The standard InChI is InChI=1S/C24H28N2O7/c1-13-21(24(28)33-14-7-4-5-8-14)22(23-16(25-13)9-6-10-18(23)27)15-11-19(31-2)20(32-3)12-17(15)26(29)30/h11-12,14,21-22H,4-10H2,1-3H3/t21?,22-/m0/s1. The summed E-state index contributed by atoms with van der Waals surface area (Å²) in [5.41, 5.74) is 1.46. The molecule has 33 heavy (non-hydrogen) atoms. The lowest BCUT2D eigenvalue weighted by atomic mass is 9.71. The van der Waals surface area contributed by atoms with Crippen LogP contribution in [0, 0.1) is 16.0 Å². The fraction of sp³-hybridized carbons (Fsp3) is 0.542. The number of hydrogen-bond acceptors (Lipinski definition) is 8. The van der Waals surface area contributed by atoms with Crippen LogP contribution in [0.1, 0.15) is 63.4 Å². The lowest BCUT2D eigenvalue weighted by Crippen LogP contribution is -2.38. The van der Waals surface area contributed by atoms with E-state index in [1.807, 2.05) is 0 Å². The molecule has 1 aromatic rings. The fourth-order valence-electron chi connectivity index (χ4n) is 5.18. The van der Waals surface area contributed by atoms with Crippen LogP contribution in [0.4, 0.5) is 5.69 Å². The summed E-state index contributed by atoms with van der Waals surface area (Å²) in [6, 6.07) is 2.78. The van der Waals surface area contributed by atoms with Gasteiger partial charge in [0.1, 0.15) is 12.0 Å². The predicted molar refractivity (Wildman–Crippen MR) is 120 cm³/mol. The normalized spacial score (nSPS) is 23.1. The number of rotatable bonds is 6. The van der Waals surface area contributed by atoms with Crippen molar-refractivity contribution < 1.29 is 28.7 Å². The molecule has 9 nitrogen and oxygen atoms in total. The summed E-state index contributed by atoms with van der Waals surface area (Å²) in [5.74, 6) is -1.96. The Bertz CT molecular complexity index is 1050. The Balaban J connectivity index is 1.89. The number of benzene rings is 1. The summed E-state index contributed by atoms with van der Waals surface area (Å²) in [5, 5.41) is 12.1. The molecular formula is C24H28N2O7. The lowest BCUT2D eigenvalue weighted by molar-refractivity contribution is -0.385. The first-order valence-electron chi connectivity index (χ1n) is 11.3. The van der Waals surface area contributed by atoms with Crippen LogP contribution in [0.5, 0.6) is 11.5 Å². The maximum Gasteiger partial charge on any atom is 0.315 e. The van der Waals surface area contributed by atoms with Gasteiger partial charge in [0.15, 0.2) is 17.3 Å². The van der Waals surface area contributed by atoms with Crippen molar-refractivity contribution in [2.45, 2.75) is 63.9 Å². The zero-order valence-electron chi connectivity index (χ0n) is 19.1. The molecule has 1 saturated carbocycles. The van der Waals surface area contributed by atoms with E-state index in [9.17, 15) is 19.7 Å². The molecule has 0 amide bonds. The van der Waals surface area contributed by atoms with Gasteiger partial charge in [0.25, 0.3) is 5.69 Å². The number of Topliss-reactive ketones (excluding diaryl/α,β-unsaturated/α-hetero) is 1. The highest BCUT2D eigenvalue weighted by atomic mass is 16.6. The molecule has 4 rings (SSSR count). The van der Waals surface area contributed by atoms with Crippen molar-refractivity contribution in [3.63, 3.8) is 0 Å². The largest absolute Gasteiger partial charge is 0.493 e. The van der Waals surface area contributed by atoms with Crippen molar-refractivity contribution >= 4 is 23.2 Å². The summed E-state index contributed by atoms with van der Waals surface area (Å²) in [7, 11) is 2.83. The van der Waals surface area contributed by atoms with Crippen molar-refractivity contribution in [2.75, 3.05) is 14.2 Å². The molecule has 1 unspecified atom stereocenters. The van der Waals surface area contributed by atoms with E-state index in [0.29, 0.717) is 36.2 Å². The quantitative estimate of drug-likeness (QED) is 0.356. The number of carbonyl (C=O) groups excluding carboxylic acids is 2. The molecule has 1 aliphatic heterocycles. The van der Waals surface area contributed by atoms with Crippen LogP contribution in [0.25, 0.3) is 0 Å². The van der Waals surface area contributed by atoms with Gasteiger partial charge in [0, 0.05) is 34.9 Å². The third-order valence-electron chi connectivity index (χ3n) is 6.74. The number of hydrogen-bond donors (Lipinski definition) is 0. The Morgan fingerprint density at radius 2 is 1.76 bits per heavy atom. The molecule has 0 spiro atoms. The summed E-state index contributed by atoms with van der Waals surface area (Å²) >= 11 is 0. The monoisotopic (exact) mass is 456 g/mol. The smallest absolute Gasteiger partial charge is 0.315 e. The first-order valence-corrected chi connectivity index (χ1v) is 11.3. The van der Waals surface area contributed by atoms with Gasteiger partial charge >= 0.3 is 5.97 Å². The highest BCUT2D eigenvalue weighted by Gasteiger charge is 2.46. The van der Waals surface area contributed by atoms with Crippen molar-refractivity contribution in [3.05, 3.63) is 39.1 Å². The van der Waals surface area contributed by atoms with Crippen molar-refractivity contribution in [3.8, 4) is 11.5 Å². The Labute approximate surface area is 192 Å². The highest BCUT2D eigenvalue weighted by molar-refractivity contribution is 6.09. The molecular weight excluding hydrogens is 428 g/mol. The molecule has 3 aliphatic rings. The van der Waals surface area contributed by atoms with E-state index in [2.05, 4.69) is 4.99 Å². The minimum Gasteiger partial charge on any atom is -0.493 e. The van der Waals surface area contributed by atoms with E-state index >= 15 is 0 Å². The molecule has 2 aliphatic carbocycles. The van der Waals surface area contributed by atoms with Gasteiger partial charge in [-0.1, -0.05) is 0 Å². The van der Waals surface area contributed by atoms with Crippen molar-refractivity contribution in [1.29, 1.82) is 0 Å². The number of ketones is 1. The topological polar surface area (TPSA) is 117 Å². The summed E-state index contributed by atoms with van der Waals surface area (Å²) in [6.07, 6.45) is 4.96. The molecule has 0 bridgehead atoms. The number of allylic oxidation sites excluding steroid dienone is 2. The van der Waals surface area contributed by atoms with Crippen LogP contribution in [0.3, 0.4) is 0 Å². The van der Waals surface area contributed by atoms with E-state index in [1.54, 1.807) is 6.92 Å². The number of nitrogens with zero attached hydrogens (tertiary/aromatic N) is 2. The van der Waals surface area contributed by atoms with Gasteiger partial charge in [-0.15, -0.1) is 0 Å². The van der Waals surface area contributed by atoms with Crippen LogP contribution in [-0.2, 0) is 14.3 Å². The molecule has 0 N–H and O–H groups in total. The van der Waals surface area contributed by atoms with Crippen molar-refractivity contribution in [2.24, 2.45) is 10.9 Å². The number of esters is 1. The molecule has 1 heterocycles.